The molecule has 1 aliphatic rings. The Morgan fingerprint density at radius 2 is 1.60 bits per heavy atom. The Balaban J connectivity index is 1.78. The number of aryl methyl sites for hydroxylation is 3. The second kappa shape index (κ2) is 10.8. The number of rotatable bonds is 5. The highest BCUT2D eigenvalue weighted by molar-refractivity contribution is 5.98. The summed E-state index contributed by atoms with van der Waals surface area (Å²) in [6.45, 7) is 5.49. The summed E-state index contributed by atoms with van der Waals surface area (Å²) in [6.07, 6.45) is -12.4. The summed E-state index contributed by atoms with van der Waals surface area (Å²) in [5.41, 5.74) is -3.61. The van der Waals surface area contributed by atoms with E-state index in [-0.39, 0.29) is 30.6 Å². The van der Waals surface area contributed by atoms with E-state index in [1.54, 1.807) is 43.3 Å². The minimum absolute atomic E-state index is 0.0219. The van der Waals surface area contributed by atoms with E-state index in [1.807, 2.05) is 26.0 Å². The van der Waals surface area contributed by atoms with E-state index < -0.39 is 41.4 Å². The fourth-order valence-electron chi connectivity index (χ4n) is 5.01. The predicted octanol–water partition coefficient (Wildman–Crippen LogP) is 7.15. The number of aliphatic hydroxyl groups is 1. The number of halogens is 6. The van der Waals surface area contributed by atoms with Gasteiger partial charge in [-0.1, -0.05) is 60.2 Å². The van der Waals surface area contributed by atoms with Crippen LogP contribution in [0.5, 0.6) is 5.75 Å². The van der Waals surface area contributed by atoms with Crippen molar-refractivity contribution in [3.8, 4) is 5.75 Å². The minimum Gasteiger partial charge on any atom is -0.488 e. The van der Waals surface area contributed by atoms with Crippen molar-refractivity contribution < 1.29 is 41.0 Å². The minimum atomic E-state index is -6.02. The van der Waals surface area contributed by atoms with Crippen LogP contribution in [0.1, 0.15) is 47.1 Å². The summed E-state index contributed by atoms with van der Waals surface area (Å²) in [4.78, 5) is 15.1. The highest BCUT2D eigenvalue weighted by Crippen LogP contribution is 2.51. The molecule has 214 valence electrons. The zero-order valence-electron chi connectivity index (χ0n) is 22.1. The lowest BCUT2D eigenvalue weighted by atomic mass is 9.89. The Hall–Kier alpha value is -3.53. The van der Waals surface area contributed by atoms with Gasteiger partial charge in [0, 0.05) is 11.3 Å². The number of carbonyl (C=O) groups excluding carboxylic acids is 1. The second-order valence-electron chi connectivity index (χ2n) is 10.2. The maximum Gasteiger partial charge on any atom is 0.430 e. The molecule has 0 saturated heterocycles. The highest BCUT2D eigenvalue weighted by Gasteiger charge is 2.71. The number of carbonyl (C=O) groups is 1. The molecule has 0 aliphatic carbocycles. The van der Waals surface area contributed by atoms with E-state index in [0.717, 1.165) is 17.2 Å². The van der Waals surface area contributed by atoms with Gasteiger partial charge in [-0.3, -0.25) is 4.79 Å². The molecule has 1 amide bonds. The second-order valence-corrected chi connectivity index (χ2v) is 10.2. The molecule has 0 fully saturated rings. The molecule has 3 aromatic rings. The summed E-state index contributed by atoms with van der Waals surface area (Å²) in [6, 6.07) is 16.7. The molecule has 2 atom stereocenters. The summed E-state index contributed by atoms with van der Waals surface area (Å²) in [7, 11) is 0. The van der Waals surface area contributed by atoms with Crippen molar-refractivity contribution in [2.24, 2.45) is 0 Å². The lowest BCUT2D eigenvalue weighted by molar-refractivity contribution is -0.376. The number of hydrogen-bond acceptors (Lipinski definition) is 3. The number of ether oxygens (including phenoxy) is 1. The number of fused-ring (bicyclic) bond motifs is 1. The topological polar surface area (TPSA) is 49.8 Å². The third-order valence-corrected chi connectivity index (χ3v) is 7.29. The summed E-state index contributed by atoms with van der Waals surface area (Å²) in [5, 5.41) is 9.98. The largest absolute Gasteiger partial charge is 0.488 e. The number of amides is 1. The third-order valence-electron chi connectivity index (χ3n) is 7.29. The van der Waals surface area contributed by atoms with Crippen molar-refractivity contribution in [3.05, 3.63) is 94.5 Å². The zero-order valence-corrected chi connectivity index (χ0v) is 22.1. The van der Waals surface area contributed by atoms with Crippen LogP contribution in [0.25, 0.3) is 0 Å². The number of nitrogens with zero attached hydrogens (tertiary/aromatic N) is 1. The van der Waals surface area contributed by atoms with Crippen molar-refractivity contribution in [1.29, 1.82) is 0 Å². The molecule has 0 bridgehead atoms. The van der Waals surface area contributed by atoms with Crippen LogP contribution < -0.4 is 9.64 Å². The average Bonchev–Trinajstić information content (AvgIpc) is 3.07. The van der Waals surface area contributed by atoms with Crippen LogP contribution in [0.2, 0.25) is 0 Å². The molecule has 0 spiro atoms. The molecule has 40 heavy (non-hydrogen) atoms. The van der Waals surface area contributed by atoms with Gasteiger partial charge in [-0.2, -0.15) is 26.3 Å². The van der Waals surface area contributed by atoms with Crippen molar-refractivity contribution in [3.63, 3.8) is 0 Å². The molecule has 1 unspecified atom stereocenters. The maximum absolute atomic E-state index is 13.8. The van der Waals surface area contributed by atoms with Gasteiger partial charge < -0.3 is 14.7 Å². The molecule has 0 saturated carbocycles. The first-order chi connectivity index (χ1) is 18.6. The van der Waals surface area contributed by atoms with Gasteiger partial charge in [0.15, 0.2) is 0 Å². The normalized spacial score (nSPS) is 17.1. The SMILES string of the molecule is Cc1ccc(O[C@H]2CCc3cc(C(O)(C(F)(F)F)C(F)(F)F)ccc3N(C(=O)C(C)c3ccccc3)C2)c(C)c1. The number of alkyl halides is 6. The van der Waals surface area contributed by atoms with Gasteiger partial charge in [0.05, 0.1) is 12.5 Å². The first-order valence-electron chi connectivity index (χ1n) is 12.7. The molecular formula is C30H29F6NO3. The van der Waals surface area contributed by atoms with Crippen LogP contribution >= 0.6 is 0 Å². The molecule has 3 aromatic carbocycles. The monoisotopic (exact) mass is 565 g/mol. The standard InChI is InChI=1S/C30H29F6NO3/c1-18-9-14-26(19(2)15-18)40-24-12-10-22-16-23(28(39,29(31,32)33)30(34,35)36)11-13-25(22)37(17-24)27(38)20(3)21-7-5-4-6-8-21/h4-9,11,13-16,20,24,39H,10,12,17H2,1-3H3/t20?,24-/m0/s1. The number of benzene rings is 3. The molecule has 10 heteroatoms. The Kier molecular flexibility index (Phi) is 7.95. The van der Waals surface area contributed by atoms with Crippen LogP contribution in [-0.2, 0) is 16.8 Å². The fraction of sp³-hybridized carbons (Fsp3) is 0.367. The Labute approximate surface area is 228 Å². The molecule has 4 nitrogen and oxygen atoms in total. The zero-order chi connectivity index (χ0) is 29.5. The van der Waals surface area contributed by atoms with Crippen LogP contribution in [-0.4, -0.2) is 36.0 Å². The Morgan fingerprint density at radius 3 is 2.20 bits per heavy atom. The van der Waals surface area contributed by atoms with Gasteiger partial charge in [-0.25, -0.2) is 0 Å². The Bertz CT molecular complexity index is 1360. The van der Waals surface area contributed by atoms with Gasteiger partial charge in [-0.15, -0.1) is 0 Å². The predicted molar refractivity (Wildman–Crippen MR) is 138 cm³/mol. The van der Waals surface area contributed by atoms with Gasteiger partial charge in [-0.05, 0) is 62.4 Å². The number of anilines is 1. The first kappa shape index (κ1) is 29.5. The van der Waals surface area contributed by atoms with E-state index in [0.29, 0.717) is 23.4 Å². The van der Waals surface area contributed by atoms with E-state index in [9.17, 15) is 36.2 Å². The van der Waals surface area contributed by atoms with Crippen molar-refractivity contribution >= 4 is 11.6 Å². The third kappa shape index (κ3) is 5.54. The molecule has 1 aliphatic heterocycles. The lowest BCUT2D eigenvalue weighted by Gasteiger charge is -2.34. The van der Waals surface area contributed by atoms with Gasteiger partial charge in [0.25, 0.3) is 5.60 Å². The quantitative estimate of drug-likeness (QED) is 0.335. The van der Waals surface area contributed by atoms with Crippen LogP contribution in [0, 0.1) is 13.8 Å². The summed E-state index contributed by atoms with van der Waals surface area (Å²) < 4.78 is 87.9. The molecule has 4 rings (SSSR count). The van der Waals surface area contributed by atoms with Crippen molar-refractivity contribution in [1.82, 2.24) is 0 Å². The Morgan fingerprint density at radius 1 is 0.950 bits per heavy atom. The van der Waals surface area contributed by atoms with Gasteiger partial charge in [0.2, 0.25) is 5.91 Å². The van der Waals surface area contributed by atoms with Crippen LogP contribution in [0.3, 0.4) is 0 Å². The average molecular weight is 566 g/mol. The van der Waals surface area contributed by atoms with Crippen LogP contribution in [0.15, 0.2) is 66.7 Å². The highest BCUT2D eigenvalue weighted by atomic mass is 19.4. The van der Waals surface area contributed by atoms with E-state index >= 15 is 0 Å². The van der Waals surface area contributed by atoms with Crippen molar-refractivity contribution in [2.75, 3.05) is 11.4 Å². The first-order valence-corrected chi connectivity index (χ1v) is 12.7. The smallest absolute Gasteiger partial charge is 0.430 e. The molecule has 0 aromatic heterocycles. The van der Waals surface area contributed by atoms with Gasteiger partial charge in [0.1, 0.15) is 11.9 Å². The number of hydrogen-bond donors (Lipinski definition) is 1. The molecule has 1 heterocycles. The maximum atomic E-state index is 13.8. The molecule has 1 N–H and O–H groups in total. The van der Waals surface area contributed by atoms with E-state index in [4.69, 9.17) is 4.74 Å². The summed E-state index contributed by atoms with van der Waals surface area (Å²) >= 11 is 0. The fourth-order valence-corrected chi connectivity index (χ4v) is 5.01. The van der Waals surface area contributed by atoms with Crippen LogP contribution in [0.4, 0.5) is 32.0 Å². The van der Waals surface area contributed by atoms with E-state index in [2.05, 4.69) is 0 Å². The van der Waals surface area contributed by atoms with Crippen molar-refractivity contribution in [2.45, 2.75) is 63.6 Å². The lowest BCUT2D eigenvalue weighted by Crippen LogP contribution is -2.54. The summed E-state index contributed by atoms with van der Waals surface area (Å²) in [5.74, 6) is -0.483. The van der Waals surface area contributed by atoms with Gasteiger partial charge >= 0.3 is 12.4 Å². The molecular weight excluding hydrogens is 536 g/mol. The van der Waals surface area contributed by atoms with E-state index in [1.165, 1.54) is 4.90 Å². The molecule has 0 radical (unpaired) electrons.